The molecule has 1 aliphatic heterocycles. The molecular weight excluding hydrogens is 362 g/mol. The number of nitrogens with one attached hydrogen (secondary N) is 1. The molecule has 1 aromatic carbocycles. The SMILES string of the molecule is CCc1nn(Cc2ccc(OC)cc2)c2ncc(C3CC3)c(N3CCNCC3)c12. The van der Waals surface area contributed by atoms with Gasteiger partial charge >= 0.3 is 0 Å². The van der Waals surface area contributed by atoms with Crippen molar-refractivity contribution in [2.75, 3.05) is 38.2 Å². The van der Waals surface area contributed by atoms with Crippen LogP contribution < -0.4 is 15.0 Å². The average molecular weight is 392 g/mol. The Bertz CT molecular complexity index is 1000. The maximum Gasteiger partial charge on any atom is 0.160 e. The second-order valence-electron chi connectivity index (χ2n) is 8.08. The quantitative estimate of drug-likeness (QED) is 0.698. The highest BCUT2D eigenvalue weighted by atomic mass is 16.5. The molecule has 6 heteroatoms. The minimum atomic E-state index is 0.673. The van der Waals surface area contributed by atoms with Crippen LogP contribution in [-0.2, 0) is 13.0 Å². The summed E-state index contributed by atoms with van der Waals surface area (Å²) in [7, 11) is 1.70. The number of anilines is 1. The first kappa shape index (κ1) is 18.4. The van der Waals surface area contributed by atoms with Crippen molar-refractivity contribution in [3.8, 4) is 5.75 Å². The number of nitrogens with zero attached hydrogens (tertiary/aromatic N) is 4. The fourth-order valence-electron chi connectivity index (χ4n) is 4.39. The van der Waals surface area contributed by atoms with Crippen LogP contribution in [0.5, 0.6) is 5.75 Å². The van der Waals surface area contributed by atoms with Crippen LogP contribution in [0.25, 0.3) is 11.0 Å². The number of methoxy groups -OCH3 is 1. The lowest BCUT2D eigenvalue weighted by atomic mass is 10.0. The summed E-state index contributed by atoms with van der Waals surface area (Å²) >= 11 is 0. The van der Waals surface area contributed by atoms with Gasteiger partial charge < -0.3 is 15.0 Å². The Balaban J connectivity index is 1.61. The van der Waals surface area contributed by atoms with Crippen LogP contribution >= 0.6 is 0 Å². The third-order valence-electron chi connectivity index (χ3n) is 6.11. The highest BCUT2D eigenvalue weighted by molar-refractivity contribution is 5.94. The van der Waals surface area contributed by atoms with Crippen molar-refractivity contribution in [3.05, 3.63) is 47.3 Å². The fourth-order valence-corrected chi connectivity index (χ4v) is 4.39. The van der Waals surface area contributed by atoms with E-state index in [1.165, 1.54) is 35.0 Å². The van der Waals surface area contributed by atoms with Gasteiger partial charge in [-0.1, -0.05) is 19.1 Å². The summed E-state index contributed by atoms with van der Waals surface area (Å²) in [6, 6.07) is 8.22. The van der Waals surface area contributed by atoms with Gasteiger partial charge in [-0.25, -0.2) is 9.67 Å². The Morgan fingerprint density at radius 2 is 1.90 bits per heavy atom. The van der Waals surface area contributed by atoms with Crippen molar-refractivity contribution in [2.45, 2.75) is 38.6 Å². The van der Waals surface area contributed by atoms with Crippen molar-refractivity contribution in [3.63, 3.8) is 0 Å². The van der Waals surface area contributed by atoms with Gasteiger partial charge in [-0.3, -0.25) is 0 Å². The first-order valence-corrected chi connectivity index (χ1v) is 10.8. The van der Waals surface area contributed by atoms with Crippen LogP contribution in [0.4, 0.5) is 5.69 Å². The van der Waals surface area contributed by atoms with Gasteiger partial charge in [0, 0.05) is 32.4 Å². The molecule has 152 valence electrons. The molecule has 1 N–H and O–H groups in total. The number of benzene rings is 1. The molecule has 0 unspecified atom stereocenters. The molecule has 0 amide bonds. The smallest absolute Gasteiger partial charge is 0.160 e. The highest BCUT2D eigenvalue weighted by Gasteiger charge is 2.31. The van der Waals surface area contributed by atoms with E-state index in [2.05, 4.69) is 40.2 Å². The molecule has 2 aromatic heterocycles. The van der Waals surface area contributed by atoms with Crippen LogP contribution in [-0.4, -0.2) is 48.1 Å². The summed E-state index contributed by atoms with van der Waals surface area (Å²) in [5.74, 6) is 1.55. The van der Waals surface area contributed by atoms with Gasteiger partial charge in [0.1, 0.15) is 5.75 Å². The van der Waals surface area contributed by atoms with Crippen LogP contribution in [0.2, 0.25) is 0 Å². The van der Waals surface area contributed by atoms with E-state index in [0.29, 0.717) is 5.92 Å². The van der Waals surface area contributed by atoms with Crippen LogP contribution in [0.3, 0.4) is 0 Å². The molecule has 5 rings (SSSR count). The summed E-state index contributed by atoms with van der Waals surface area (Å²) in [5.41, 5.74) is 6.21. The standard InChI is InChI=1S/C23H29N5O/c1-3-20-21-22(27-12-10-24-11-13-27)19(17-6-7-17)14-25-23(21)28(26-20)15-16-4-8-18(29-2)9-5-16/h4-5,8-9,14,17,24H,3,6-7,10-13,15H2,1-2H3. The Hall–Kier alpha value is -2.60. The molecule has 6 nitrogen and oxygen atoms in total. The first-order valence-electron chi connectivity index (χ1n) is 10.8. The molecule has 3 aromatic rings. The van der Waals surface area contributed by atoms with Gasteiger partial charge in [-0.05, 0) is 48.4 Å². The summed E-state index contributed by atoms with van der Waals surface area (Å²) in [4.78, 5) is 7.49. The molecule has 0 radical (unpaired) electrons. The summed E-state index contributed by atoms with van der Waals surface area (Å²) < 4.78 is 7.37. The number of rotatable bonds is 6. The molecule has 2 fully saturated rings. The molecule has 0 atom stereocenters. The van der Waals surface area contributed by atoms with E-state index in [0.717, 1.165) is 56.2 Å². The molecule has 0 spiro atoms. The maximum absolute atomic E-state index is 5.29. The van der Waals surface area contributed by atoms with E-state index in [1.54, 1.807) is 7.11 Å². The van der Waals surface area contributed by atoms with Crippen molar-refractivity contribution < 1.29 is 4.74 Å². The van der Waals surface area contributed by atoms with E-state index >= 15 is 0 Å². The number of fused-ring (bicyclic) bond motifs is 1. The van der Waals surface area contributed by atoms with Crippen LogP contribution in [0.1, 0.15) is 42.5 Å². The highest BCUT2D eigenvalue weighted by Crippen LogP contribution is 2.47. The predicted octanol–water partition coefficient (Wildman–Crippen LogP) is 3.34. The van der Waals surface area contributed by atoms with Crippen molar-refractivity contribution in [1.82, 2.24) is 20.1 Å². The molecule has 1 aliphatic carbocycles. The molecule has 3 heterocycles. The zero-order valence-corrected chi connectivity index (χ0v) is 17.3. The van der Waals surface area contributed by atoms with E-state index in [4.69, 9.17) is 14.8 Å². The normalized spacial score (nSPS) is 17.1. The number of pyridine rings is 1. The van der Waals surface area contributed by atoms with Gasteiger partial charge in [0.2, 0.25) is 0 Å². The molecule has 2 aliphatic rings. The predicted molar refractivity (Wildman–Crippen MR) is 116 cm³/mol. The topological polar surface area (TPSA) is 55.2 Å². The second-order valence-corrected chi connectivity index (χ2v) is 8.08. The molecule has 29 heavy (non-hydrogen) atoms. The number of aryl methyl sites for hydroxylation is 1. The number of hydrogen-bond donors (Lipinski definition) is 1. The van der Waals surface area contributed by atoms with Crippen molar-refractivity contribution in [1.29, 1.82) is 0 Å². The first-order chi connectivity index (χ1) is 14.3. The van der Waals surface area contributed by atoms with Crippen molar-refractivity contribution in [2.24, 2.45) is 0 Å². The number of piperazine rings is 1. The van der Waals surface area contributed by atoms with Gasteiger partial charge in [-0.2, -0.15) is 5.10 Å². The third-order valence-corrected chi connectivity index (χ3v) is 6.11. The van der Waals surface area contributed by atoms with E-state index < -0.39 is 0 Å². The Morgan fingerprint density at radius 3 is 2.55 bits per heavy atom. The molecule has 0 bridgehead atoms. The second kappa shape index (κ2) is 7.67. The van der Waals surface area contributed by atoms with Crippen molar-refractivity contribution >= 4 is 16.7 Å². The van der Waals surface area contributed by atoms with Gasteiger partial charge in [0.25, 0.3) is 0 Å². The minimum absolute atomic E-state index is 0.673. The number of aromatic nitrogens is 3. The van der Waals surface area contributed by atoms with Crippen LogP contribution in [0, 0.1) is 0 Å². The third kappa shape index (κ3) is 3.46. The minimum Gasteiger partial charge on any atom is -0.497 e. The average Bonchev–Trinajstić information content (AvgIpc) is 3.57. The van der Waals surface area contributed by atoms with Gasteiger partial charge in [0.05, 0.1) is 30.4 Å². The summed E-state index contributed by atoms with van der Waals surface area (Å²) in [5, 5.41) is 9.76. The summed E-state index contributed by atoms with van der Waals surface area (Å²) in [6.45, 7) is 7.09. The number of ether oxygens (including phenoxy) is 1. The summed E-state index contributed by atoms with van der Waals surface area (Å²) in [6.07, 6.45) is 5.62. The fraction of sp³-hybridized carbons (Fsp3) is 0.478. The maximum atomic E-state index is 5.29. The Morgan fingerprint density at radius 1 is 1.14 bits per heavy atom. The zero-order chi connectivity index (χ0) is 19.8. The molecule has 1 saturated heterocycles. The van der Waals surface area contributed by atoms with E-state index in [-0.39, 0.29) is 0 Å². The molecular formula is C23H29N5O. The molecule has 1 saturated carbocycles. The zero-order valence-electron chi connectivity index (χ0n) is 17.3. The van der Waals surface area contributed by atoms with Gasteiger partial charge in [0.15, 0.2) is 5.65 Å². The Labute approximate surface area is 171 Å². The lowest BCUT2D eigenvalue weighted by molar-refractivity contribution is 0.414. The van der Waals surface area contributed by atoms with Crippen LogP contribution in [0.15, 0.2) is 30.5 Å². The largest absolute Gasteiger partial charge is 0.497 e. The number of hydrogen-bond acceptors (Lipinski definition) is 5. The van der Waals surface area contributed by atoms with E-state index in [1.807, 2.05) is 12.1 Å². The monoisotopic (exact) mass is 391 g/mol. The Kier molecular flexibility index (Phi) is 4.87. The van der Waals surface area contributed by atoms with Gasteiger partial charge in [-0.15, -0.1) is 0 Å². The lowest BCUT2D eigenvalue weighted by Gasteiger charge is -2.32. The lowest BCUT2D eigenvalue weighted by Crippen LogP contribution is -2.44. The van der Waals surface area contributed by atoms with E-state index in [9.17, 15) is 0 Å².